The van der Waals surface area contributed by atoms with E-state index in [4.69, 9.17) is 23.2 Å². The highest BCUT2D eigenvalue weighted by atomic mass is 35.5. The number of likely N-dealkylation sites (N-methyl/N-ethyl adjacent to an activating group) is 1. The molecular weight excluding hydrogens is 341 g/mol. The monoisotopic (exact) mass is 371 g/mol. The average molecular weight is 372 g/mol. The number of benzene rings is 1. The number of aliphatic hydroxyl groups is 1. The lowest BCUT2D eigenvalue weighted by Crippen LogP contribution is -2.52. The lowest BCUT2D eigenvalue weighted by molar-refractivity contribution is 0.0876. The molecule has 1 aliphatic rings. The smallest absolute Gasteiger partial charge is 0.0595 e. The van der Waals surface area contributed by atoms with Crippen molar-refractivity contribution in [1.82, 2.24) is 4.90 Å². The van der Waals surface area contributed by atoms with E-state index in [1.165, 1.54) is 44.1 Å². The Hall–Kier alpha value is -0.280. The van der Waals surface area contributed by atoms with Crippen molar-refractivity contribution in [3.8, 4) is 0 Å². The van der Waals surface area contributed by atoms with Gasteiger partial charge in [0.15, 0.2) is 0 Å². The molecule has 1 fully saturated rings. The van der Waals surface area contributed by atoms with Gasteiger partial charge in [0.25, 0.3) is 0 Å². The molecule has 4 heteroatoms. The summed E-state index contributed by atoms with van der Waals surface area (Å²) in [6.45, 7) is 1.87. The maximum absolute atomic E-state index is 9.39. The Morgan fingerprint density at radius 2 is 1.75 bits per heavy atom. The largest absolute Gasteiger partial charge is 0.393 e. The van der Waals surface area contributed by atoms with Gasteiger partial charge in [-0.05, 0) is 64.4 Å². The van der Waals surface area contributed by atoms with Crippen LogP contribution in [-0.4, -0.2) is 36.2 Å². The minimum absolute atomic E-state index is 0.177. The van der Waals surface area contributed by atoms with Gasteiger partial charge in [-0.15, -0.1) is 0 Å². The third-order valence-electron chi connectivity index (χ3n) is 5.60. The molecule has 2 nitrogen and oxygen atoms in total. The van der Waals surface area contributed by atoms with Gasteiger partial charge in [-0.3, -0.25) is 0 Å². The number of halogens is 2. The first-order valence-electron chi connectivity index (χ1n) is 9.17. The Morgan fingerprint density at radius 3 is 2.25 bits per heavy atom. The van der Waals surface area contributed by atoms with Crippen LogP contribution in [0.1, 0.15) is 63.9 Å². The zero-order valence-electron chi connectivity index (χ0n) is 15.2. The van der Waals surface area contributed by atoms with Gasteiger partial charge in [-0.25, -0.2) is 0 Å². The van der Waals surface area contributed by atoms with E-state index in [2.05, 4.69) is 31.1 Å². The van der Waals surface area contributed by atoms with Gasteiger partial charge in [0.2, 0.25) is 0 Å². The Morgan fingerprint density at radius 1 is 1.08 bits per heavy atom. The molecule has 0 aromatic heterocycles. The summed E-state index contributed by atoms with van der Waals surface area (Å²) in [4.78, 5) is 2.39. The van der Waals surface area contributed by atoms with Gasteiger partial charge in [0.05, 0.1) is 16.1 Å². The van der Waals surface area contributed by atoms with Crippen molar-refractivity contribution >= 4 is 23.2 Å². The minimum atomic E-state index is -0.177. The van der Waals surface area contributed by atoms with Gasteiger partial charge in [0, 0.05) is 11.5 Å². The van der Waals surface area contributed by atoms with Crippen LogP contribution >= 0.6 is 23.2 Å². The summed E-state index contributed by atoms with van der Waals surface area (Å²) < 4.78 is 0. The van der Waals surface area contributed by atoms with Gasteiger partial charge >= 0.3 is 0 Å². The lowest BCUT2D eigenvalue weighted by Gasteiger charge is -2.51. The summed E-state index contributed by atoms with van der Waals surface area (Å²) in [6, 6.07) is 6.70. The number of aliphatic hydroxyl groups excluding tert-OH is 1. The van der Waals surface area contributed by atoms with Crippen LogP contribution in [0, 0.1) is 0 Å². The molecular formula is C20H31Cl2NO. The zero-order chi connectivity index (χ0) is 17.7. The summed E-state index contributed by atoms with van der Waals surface area (Å²) in [6.07, 6.45) is 9.15. The first-order valence-corrected chi connectivity index (χ1v) is 9.92. The topological polar surface area (TPSA) is 23.5 Å². The fourth-order valence-electron chi connectivity index (χ4n) is 4.16. The van der Waals surface area contributed by atoms with Crippen molar-refractivity contribution in [1.29, 1.82) is 0 Å². The highest BCUT2D eigenvalue weighted by Gasteiger charge is 2.46. The molecule has 0 heterocycles. The molecule has 2 atom stereocenters. The SMILES string of the molecule is CC(O)CCCCCC(N(C)C)C1(c2ccc(Cl)c(Cl)c2)CCC1. The maximum Gasteiger partial charge on any atom is 0.0595 e. The summed E-state index contributed by atoms with van der Waals surface area (Å²) >= 11 is 12.4. The second kappa shape index (κ2) is 8.89. The summed E-state index contributed by atoms with van der Waals surface area (Å²) in [5.41, 5.74) is 1.55. The molecule has 1 aromatic rings. The molecule has 1 aliphatic carbocycles. The normalized spacial score (nSPS) is 19.1. The number of hydrogen-bond acceptors (Lipinski definition) is 2. The molecule has 1 N–H and O–H groups in total. The number of hydrogen-bond donors (Lipinski definition) is 1. The average Bonchev–Trinajstić information content (AvgIpc) is 2.46. The molecule has 1 saturated carbocycles. The first kappa shape index (κ1) is 20.0. The van der Waals surface area contributed by atoms with E-state index < -0.39 is 0 Å². The highest BCUT2D eigenvalue weighted by Crippen LogP contribution is 2.50. The Bertz CT molecular complexity index is 526. The van der Waals surface area contributed by atoms with Crippen LogP contribution in [-0.2, 0) is 5.41 Å². The van der Waals surface area contributed by atoms with Gasteiger partial charge in [-0.1, -0.05) is 55.0 Å². The molecule has 0 saturated heterocycles. The van der Waals surface area contributed by atoms with Crippen molar-refractivity contribution in [2.24, 2.45) is 0 Å². The maximum atomic E-state index is 9.39. The van der Waals surface area contributed by atoms with Gasteiger partial charge < -0.3 is 10.0 Å². The molecule has 24 heavy (non-hydrogen) atoms. The molecule has 136 valence electrons. The van der Waals surface area contributed by atoms with E-state index in [1.807, 2.05) is 13.0 Å². The van der Waals surface area contributed by atoms with Crippen LogP contribution < -0.4 is 0 Å². The number of nitrogens with zero attached hydrogens (tertiary/aromatic N) is 1. The molecule has 0 aliphatic heterocycles. The fraction of sp³-hybridized carbons (Fsp3) is 0.700. The van der Waals surface area contributed by atoms with Crippen molar-refractivity contribution in [3.63, 3.8) is 0 Å². The summed E-state index contributed by atoms with van der Waals surface area (Å²) in [5, 5.41) is 10.7. The molecule has 0 amide bonds. The Labute approximate surface area is 157 Å². The van der Waals surface area contributed by atoms with E-state index in [1.54, 1.807) is 0 Å². The quantitative estimate of drug-likeness (QED) is 0.564. The first-order chi connectivity index (χ1) is 11.4. The minimum Gasteiger partial charge on any atom is -0.393 e. The van der Waals surface area contributed by atoms with E-state index in [9.17, 15) is 5.11 Å². The molecule has 2 unspecified atom stereocenters. The van der Waals surface area contributed by atoms with E-state index in [-0.39, 0.29) is 11.5 Å². The van der Waals surface area contributed by atoms with Crippen LogP contribution in [0.5, 0.6) is 0 Å². The Balaban J connectivity index is 2.07. The molecule has 2 rings (SSSR count). The molecule has 0 spiro atoms. The molecule has 0 radical (unpaired) electrons. The lowest BCUT2D eigenvalue weighted by atomic mass is 9.59. The van der Waals surface area contributed by atoms with Crippen LogP contribution in [0.3, 0.4) is 0 Å². The number of unbranched alkanes of at least 4 members (excludes halogenated alkanes) is 2. The highest BCUT2D eigenvalue weighted by molar-refractivity contribution is 6.42. The second-order valence-electron chi connectivity index (χ2n) is 7.61. The molecule has 0 bridgehead atoms. The van der Waals surface area contributed by atoms with Crippen molar-refractivity contribution in [2.75, 3.05) is 14.1 Å². The third-order valence-corrected chi connectivity index (χ3v) is 6.34. The van der Waals surface area contributed by atoms with E-state index >= 15 is 0 Å². The van der Waals surface area contributed by atoms with Crippen LogP contribution in [0.4, 0.5) is 0 Å². The summed E-state index contributed by atoms with van der Waals surface area (Å²) in [5.74, 6) is 0. The van der Waals surface area contributed by atoms with Gasteiger partial charge in [-0.2, -0.15) is 0 Å². The Kier molecular flexibility index (Phi) is 7.42. The molecule has 1 aromatic carbocycles. The second-order valence-corrected chi connectivity index (χ2v) is 8.42. The van der Waals surface area contributed by atoms with Crippen LogP contribution in [0.15, 0.2) is 18.2 Å². The third kappa shape index (κ3) is 4.66. The summed E-state index contributed by atoms with van der Waals surface area (Å²) in [7, 11) is 4.39. The van der Waals surface area contributed by atoms with Crippen molar-refractivity contribution in [3.05, 3.63) is 33.8 Å². The van der Waals surface area contributed by atoms with Crippen molar-refractivity contribution in [2.45, 2.75) is 75.9 Å². The predicted molar refractivity (Wildman–Crippen MR) is 104 cm³/mol. The van der Waals surface area contributed by atoms with Crippen molar-refractivity contribution < 1.29 is 5.11 Å². The van der Waals surface area contributed by atoms with Gasteiger partial charge in [0.1, 0.15) is 0 Å². The van der Waals surface area contributed by atoms with Crippen LogP contribution in [0.25, 0.3) is 0 Å². The predicted octanol–water partition coefficient (Wildman–Crippen LogP) is 5.68. The zero-order valence-corrected chi connectivity index (χ0v) is 16.7. The van der Waals surface area contributed by atoms with E-state index in [0.717, 1.165) is 12.8 Å². The number of rotatable bonds is 9. The van der Waals surface area contributed by atoms with E-state index in [0.29, 0.717) is 16.1 Å². The van der Waals surface area contributed by atoms with Crippen LogP contribution in [0.2, 0.25) is 10.0 Å². The standard InChI is InChI=1S/C20H31Cl2NO/c1-15(24)8-5-4-6-9-19(23(2)3)20(12-7-13-20)16-10-11-17(21)18(22)14-16/h10-11,14-15,19,24H,4-9,12-13H2,1-3H3. The fourth-order valence-corrected chi connectivity index (χ4v) is 4.46.